The second-order valence-electron chi connectivity index (χ2n) is 11.6. The zero-order valence-electron chi connectivity index (χ0n) is 25.8. The van der Waals surface area contributed by atoms with Gasteiger partial charge in [-0.2, -0.15) is 0 Å². The quantitative estimate of drug-likeness (QED) is 0.244. The van der Waals surface area contributed by atoms with E-state index in [1.54, 1.807) is 24.9 Å². The van der Waals surface area contributed by atoms with E-state index in [1.165, 1.54) is 17.0 Å². The van der Waals surface area contributed by atoms with Crippen LogP contribution in [0.25, 0.3) is 10.8 Å². The summed E-state index contributed by atoms with van der Waals surface area (Å²) in [7, 11) is -2.38. The minimum Gasteiger partial charge on any atom is -0.488 e. The third-order valence-electron chi connectivity index (χ3n) is 8.12. The van der Waals surface area contributed by atoms with E-state index in [-0.39, 0.29) is 54.6 Å². The van der Waals surface area contributed by atoms with Crippen LogP contribution in [0.4, 0.5) is 20.6 Å². The molecule has 3 atom stereocenters. The Morgan fingerprint density at radius 3 is 2.54 bits per heavy atom. The molecule has 0 aromatic heterocycles. The summed E-state index contributed by atoms with van der Waals surface area (Å²) in [5.41, 5.74) is 1.30. The zero-order chi connectivity index (χ0) is 33.0. The van der Waals surface area contributed by atoms with E-state index >= 15 is 0 Å². The molecule has 3 amide bonds. The van der Waals surface area contributed by atoms with Gasteiger partial charge in [-0.3, -0.25) is 9.52 Å². The van der Waals surface area contributed by atoms with Crippen LogP contribution in [0, 0.1) is 11.7 Å². The van der Waals surface area contributed by atoms with Crippen molar-refractivity contribution in [3.63, 3.8) is 0 Å². The molecule has 0 bridgehead atoms. The average molecular weight is 649 g/mol. The molecular formula is C34H37FN4O6S. The number of fused-ring (bicyclic) bond motifs is 2. The molecule has 12 heteroatoms. The molecule has 0 unspecified atom stereocenters. The predicted molar refractivity (Wildman–Crippen MR) is 175 cm³/mol. The van der Waals surface area contributed by atoms with Gasteiger partial charge >= 0.3 is 6.03 Å². The molecule has 3 N–H and O–H groups in total. The maximum atomic E-state index is 13.5. The Bertz CT molecular complexity index is 1830. The third kappa shape index (κ3) is 7.40. The molecule has 4 aromatic rings. The number of aliphatic hydroxyl groups excluding tert-OH is 1. The van der Waals surface area contributed by atoms with E-state index in [1.807, 2.05) is 49.4 Å². The summed E-state index contributed by atoms with van der Waals surface area (Å²) < 4.78 is 48.3. The molecule has 10 nitrogen and oxygen atoms in total. The van der Waals surface area contributed by atoms with Gasteiger partial charge in [-0.15, -0.1) is 0 Å². The molecule has 0 saturated carbocycles. The number of hydrogen-bond acceptors (Lipinski definition) is 6. The van der Waals surface area contributed by atoms with E-state index in [9.17, 15) is 27.5 Å². The fourth-order valence-corrected chi connectivity index (χ4v) is 6.49. The molecule has 242 valence electrons. The summed E-state index contributed by atoms with van der Waals surface area (Å²) >= 11 is 0. The van der Waals surface area contributed by atoms with Crippen molar-refractivity contribution in [2.75, 3.05) is 36.8 Å². The lowest BCUT2D eigenvalue weighted by Gasteiger charge is -2.34. The summed E-state index contributed by atoms with van der Waals surface area (Å²) in [6.45, 7) is 3.85. The van der Waals surface area contributed by atoms with Gasteiger partial charge in [-0.05, 0) is 60.8 Å². The highest BCUT2D eigenvalue weighted by Crippen LogP contribution is 2.30. The van der Waals surface area contributed by atoms with Gasteiger partial charge in [-0.1, -0.05) is 43.3 Å². The van der Waals surface area contributed by atoms with Gasteiger partial charge in [0.15, 0.2) is 0 Å². The van der Waals surface area contributed by atoms with Crippen molar-refractivity contribution in [1.29, 1.82) is 0 Å². The topological polar surface area (TPSA) is 128 Å². The van der Waals surface area contributed by atoms with Crippen molar-refractivity contribution < 1.29 is 32.2 Å². The highest BCUT2D eigenvalue weighted by molar-refractivity contribution is 7.92. The number of aliphatic hydroxyl groups is 1. The summed E-state index contributed by atoms with van der Waals surface area (Å²) in [6.07, 6.45) is -0.675. The number of carbonyl (C=O) groups is 2. The number of nitrogens with zero attached hydrogens (tertiary/aromatic N) is 2. The van der Waals surface area contributed by atoms with E-state index in [0.29, 0.717) is 17.0 Å². The first-order valence-electron chi connectivity index (χ1n) is 14.9. The molecule has 0 aliphatic carbocycles. The number of hydrogen-bond donors (Lipinski definition) is 3. The molecule has 0 radical (unpaired) electrons. The molecule has 1 heterocycles. The fraction of sp³-hybridized carbons (Fsp3) is 0.294. The Labute approximate surface area is 267 Å². The van der Waals surface area contributed by atoms with Crippen LogP contribution in [0.5, 0.6) is 5.75 Å². The van der Waals surface area contributed by atoms with Crippen LogP contribution in [-0.4, -0.2) is 74.2 Å². The average Bonchev–Trinajstić information content (AvgIpc) is 3.08. The molecule has 5 rings (SSSR count). The smallest absolute Gasteiger partial charge is 0.321 e. The predicted octanol–water partition coefficient (Wildman–Crippen LogP) is 5.09. The minimum absolute atomic E-state index is 0.108. The number of urea groups is 1. The minimum atomic E-state index is -4.04. The fourth-order valence-electron chi connectivity index (χ4n) is 5.44. The standard InChI is InChI=1S/C34H37FN4O6S/c1-22-19-39(23(2)21-40)33(41)18-25-17-27(37-46(43,44)28-14-11-26(35)12-15-28)13-16-31(25)45-32(22)20-38(3)34(42)36-30-10-6-8-24-7-4-5-9-29(24)30/h4-17,22-23,32,37,40H,18-21H2,1-3H3,(H,36,42)/t22-,23-,32-/m0/s1. The number of anilines is 2. The first kappa shape index (κ1) is 32.7. The number of benzene rings is 4. The number of carbonyl (C=O) groups excluding carboxylic acids is 2. The van der Waals surface area contributed by atoms with Crippen LogP contribution in [0.2, 0.25) is 0 Å². The lowest BCUT2D eigenvalue weighted by atomic mass is 10.0. The maximum Gasteiger partial charge on any atom is 0.321 e. The van der Waals surface area contributed by atoms with Gasteiger partial charge < -0.3 is 25.0 Å². The molecule has 1 aliphatic rings. The largest absolute Gasteiger partial charge is 0.488 e. The van der Waals surface area contributed by atoms with Gasteiger partial charge in [0.2, 0.25) is 5.91 Å². The first-order valence-corrected chi connectivity index (χ1v) is 16.4. The number of likely N-dealkylation sites (N-methyl/N-ethyl adjacent to an activating group) is 1. The lowest BCUT2D eigenvalue weighted by molar-refractivity contribution is -0.134. The van der Waals surface area contributed by atoms with Crippen LogP contribution in [0.1, 0.15) is 19.4 Å². The Hall–Kier alpha value is -4.68. The SMILES string of the molecule is C[C@H]1CN([C@@H](C)CO)C(=O)Cc2cc(NS(=O)(=O)c3ccc(F)cc3)ccc2O[C@H]1CN(C)C(=O)Nc1cccc2ccccc12. The Balaban J connectivity index is 1.41. The Kier molecular flexibility index (Phi) is 9.78. The first-order chi connectivity index (χ1) is 21.9. The van der Waals surface area contributed by atoms with Crippen molar-refractivity contribution in [2.45, 2.75) is 37.3 Å². The molecule has 0 spiro atoms. The van der Waals surface area contributed by atoms with Gasteiger partial charge in [0.25, 0.3) is 10.0 Å². The van der Waals surface area contributed by atoms with E-state index in [0.717, 1.165) is 35.0 Å². The highest BCUT2D eigenvalue weighted by Gasteiger charge is 2.32. The molecule has 0 fully saturated rings. The summed E-state index contributed by atoms with van der Waals surface area (Å²) in [5, 5.41) is 14.8. The zero-order valence-corrected chi connectivity index (χ0v) is 26.6. The van der Waals surface area contributed by atoms with E-state index < -0.39 is 28.0 Å². The molecule has 4 aromatic carbocycles. The Morgan fingerprint density at radius 2 is 1.80 bits per heavy atom. The maximum absolute atomic E-state index is 13.5. The Morgan fingerprint density at radius 1 is 1.09 bits per heavy atom. The second-order valence-corrected chi connectivity index (χ2v) is 13.3. The molecular weight excluding hydrogens is 611 g/mol. The van der Waals surface area contributed by atoms with Gasteiger partial charge in [0.1, 0.15) is 17.7 Å². The lowest BCUT2D eigenvalue weighted by Crippen LogP contribution is -2.48. The number of ether oxygens (including phenoxy) is 1. The van der Waals surface area contributed by atoms with Gasteiger partial charge in [0.05, 0.1) is 36.2 Å². The van der Waals surface area contributed by atoms with Crippen molar-refractivity contribution in [1.82, 2.24) is 9.80 Å². The number of amides is 3. The summed E-state index contributed by atoms with van der Waals surface area (Å²) in [5.74, 6) is -0.710. The monoisotopic (exact) mass is 648 g/mol. The normalized spacial score (nSPS) is 17.6. The molecule has 46 heavy (non-hydrogen) atoms. The van der Waals surface area contributed by atoms with Crippen molar-refractivity contribution in [3.8, 4) is 5.75 Å². The van der Waals surface area contributed by atoms with Crippen LogP contribution >= 0.6 is 0 Å². The van der Waals surface area contributed by atoms with Gasteiger partial charge in [0, 0.05) is 36.1 Å². The van der Waals surface area contributed by atoms with E-state index in [4.69, 9.17) is 4.74 Å². The van der Waals surface area contributed by atoms with Crippen molar-refractivity contribution in [3.05, 3.63) is 96.3 Å². The summed E-state index contributed by atoms with van der Waals surface area (Å²) in [6, 6.07) is 21.7. The summed E-state index contributed by atoms with van der Waals surface area (Å²) in [4.78, 5) is 29.9. The molecule has 0 saturated heterocycles. The van der Waals surface area contributed by atoms with Crippen LogP contribution < -0.4 is 14.8 Å². The number of sulfonamides is 1. The molecule has 1 aliphatic heterocycles. The van der Waals surface area contributed by atoms with E-state index in [2.05, 4.69) is 10.0 Å². The van der Waals surface area contributed by atoms with Crippen LogP contribution in [-0.2, 0) is 21.2 Å². The number of halogens is 1. The van der Waals surface area contributed by atoms with Crippen LogP contribution in [0.3, 0.4) is 0 Å². The van der Waals surface area contributed by atoms with Crippen molar-refractivity contribution >= 4 is 44.1 Å². The second kappa shape index (κ2) is 13.8. The van der Waals surface area contributed by atoms with Gasteiger partial charge in [-0.25, -0.2) is 17.6 Å². The number of nitrogens with one attached hydrogen (secondary N) is 2. The third-order valence-corrected chi connectivity index (χ3v) is 9.52. The highest BCUT2D eigenvalue weighted by atomic mass is 32.2. The number of rotatable bonds is 8. The van der Waals surface area contributed by atoms with Crippen LogP contribution in [0.15, 0.2) is 89.8 Å². The van der Waals surface area contributed by atoms with Crippen molar-refractivity contribution in [2.24, 2.45) is 5.92 Å².